The van der Waals surface area contributed by atoms with Gasteiger partial charge in [0.1, 0.15) is 23.2 Å². The van der Waals surface area contributed by atoms with Crippen LogP contribution in [0, 0.1) is 6.92 Å². The summed E-state index contributed by atoms with van der Waals surface area (Å²) in [7, 11) is 0. The van der Waals surface area contributed by atoms with E-state index >= 15 is 0 Å². The number of fused-ring (bicyclic) bond motifs is 3. The number of hydrogen-bond donors (Lipinski definition) is 2. The lowest BCUT2D eigenvalue weighted by molar-refractivity contribution is 0.141. The first kappa shape index (κ1) is 20.2. The Hall–Kier alpha value is -2.72. The quantitative estimate of drug-likeness (QED) is 0.629. The first-order valence-electron chi connectivity index (χ1n) is 10.6. The number of aryl methyl sites for hydroxylation is 1. The van der Waals surface area contributed by atoms with Gasteiger partial charge in [0, 0.05) is 42.5 Å². The number of nitrogens with one attached hydrogen (secondary N) is 2. The van der Waals surface area contributed by atoms with Gasteiger partial charge in [-0.3, -0.25) is 10.3 Å². The fourth-order valence-corrected chi connectivity index (χ4v) is 5.39. The van der Waals surface area contributed by atoms with Crippen molar-refractivity contribution in [1.29, 1.82) is 0 Å². The first-order chi connectivity index (χ1) is 15.1. The molecule has 162 valence electrons. The summed E-state index contributed by atoms with van der Waals surface area (Å²) < 4.78 is 12.5. The number of urea groups is 1. The molecular formula is C21H24FN7OS. The van der Waals surface area contributed by atoms with E-state index in [1.807, 2.05) is 24.0 Å². The third-order valence-electron chi connectivity index (χ3n) is 6.08. The number of alkyl halides is 1. The molecule has 3 aromatic rings. The van der Waals surface area contributed by atoms with E-state index in [2.05, 4.69) is 30.8 Å². The Kier molecular flexibility index (Phi) is 5.49. The summed E-state index contributed by atoms with van der Waals surface area (Å²) in [4.78, 5) is 23.9. The maximum Gasteiger partial charge on any atom is 0.323 e. The van der Waals surface area contributed by atoms with Crippen molar-refractivity contribution < 1.29 is 9.18 Å². The highest BCUT2D eigenvalue weighted by molar-refractivity contribution is 7.14. The van der Waals surface area contributed by atoms with Crippen LogP contribution in [0.2, 0.25) is 0 Å². The molecule has 2 unspecified atom stereocenters. The highest BCUT2D eigenvalue weighted by atomic mass is 32.1. The summed E-state index contributed by atoms with van der Waals surface area (Å²) in [6, 6.07) is 4.35. The van der Waals surface area contributed by atoms with Gasteiger partial charge in [0.25, 0.3) is 0 Å². The van der Waals surface area contributed by atoms with Gasteiger partial charge in [-0.1, -0.05) is 11.3 Å². The van der Waals surface area contributed by atoms with Crippen molar-refractivity contribution in [2.75, 3.05) is 18.5 Å². The number of pyridine rings is 2. The number of hydrogen-bond acceptors (Lipinski definition) is 7. The van der Waals surface area contributed by atoms with E-state index in [-0.39, 0.29) is 30.8 Å². The minimum atomic E-state index is -0.362. The highest BCUT2D eigenvalue weighted by Gasteiger charge is 2.43. The maximum absolute atomic E-state index is 13.0. The molecule has 8 nitrogen and oxygen atoms in total. The fraction of sp³-hybridized carbons (Fsp3) is 0.476. The van der Waals surface area contributed by atoms with Crippen LogP contribution in [-0.2, 0) is 0 Å². The zero-order valence-electron chi connectivity index (χ0n) is 17.2. The molecule has 3 aromatic heterocycles. The van der Waals surface area contributed by atoms with Gasteiger partial charge in [-0.2, -0.15) is 0 Å². The van der Waals surface area contributed by atoms with E-state index in [1.165, 1.54) is 11.3 Å². The van der Waals surface area contributed by atoms with Crippen molar-refractivity contribution in [3.63, 3.8) is 0 Å². The Labute approximate surface area is 183 Å². The Morgan fingerprint density at radius 1 is 1.16 bits per heavy atom. The van der Waals surface area contributed by atoms with Crippen molar-refractivity contribution in [3.8, 4) is 10.7 Å². The molecule has 2 fully saturated rings. The van der Waals surface area contributed by atoms with Gasteiger partial charge in [0.2, 0.25) is 0 Å². The second kappa shape index (κ2) is 8.43. The Morgan fingerprint density at radius 3 is 2.65 bits per heavy atom. The molecule has 2 N–H and O–H groups in total. The third kappa shape index (κ3) is 4.09. The molecule has 0 spiro atoms. The summed E-state index contributed by atoms with van der Waals surface area (Å²) in [6.45, 7) is 1.93. The minimum Gasteiger partial charge on any atom is -0.318 e. The molecule has 5 heterocycles. The number of carbonyl (C=O) groups is 1. The largest absolute Gasteiger partial charge is 0.323 e. The average molecular weight is 442 g/mol. The van der Waals surface area contributed by atoms with Crippen LogP contribution in [0.5, 0.6) is 0 Å². The van der Waals surface area contributed by atoms with Crippen molar-refractivity contribution in [2.24, 2.45) is 0 Å². The predicted molar refractivity (Wildman–Crippen MR) is 118 cm³/mol. The lowest BCUT2D eigenvalue weighted by atomic mass is 9.97. The molecule has 0 aliphatic carbocycles. The van der Waals surface area contributed by atoms with Gasteiger partial charge in [0.15, 0.2) is 5.01 Å². The first-order valence-corrected chi connectivity index (χ1v) is 11.4. The smallest absolute Gasteiger partial charge is 0.318 e. The SMILES string of the molecule is Cc1nnc(-c2cc3cc(NC(=O)N4C5CC[C@H]4CC(NCCF)C5)ncc3cn2)s1. The van der Waals surface area contributed by atoms with Crippen molar-refractivity contribution in [2.45, 2.75) is 50.7 Å². The molecule has 2 amide bonds. The van der Waals surface area contributed by atoms with Crippen molar-refractivity contribution >= 4 is 34.0 Å². The second-order valence-electron chi connectivity index (χ2n) is 8.15. The molecule has 0 radical (unpaired) electrons. The molecule has 31 heavy (non-hydrogen) atoms. The van der Waals surface area contributed by atoms with Gasteiger partial charge in [-0.25, -0.2) is 14.2 Å². The van der Waals surface area contributed by atoms with E-state index in [4.69, 9.17) is 0 Å². The number of nitrogens with zero attached hydrogens (tertiary/aromatic N) is 5. The number of amides is 2. The Bertz CT molecular complexity index is 1090. The van der Waals surface area contributed by atoms with Gasteiger partial charge in [-0.05, 0) is 50.1 Å². The van der Waals surface area contributed by atoms with Crippen LogP contribution in [0.3, 0.4) is 0 Å². The van der Waals surface area contributed by atoms with Crippen molar-refractivity contribution in [1.82, 2.24) is 30.4 Å². The molecule has 2 aliphatic rings. The molecule has 2 bridgehead atoms. The normalized spacial score (nSPS) is 22.8. The van der Waals surface area contributed by atoms with Crippen LogP contribution >= 0.6 is 11.3 Å². The molecule has 10 heteroatoms. The van der Waals surface area contributed by atoms with Crippen LogP contribution in [0.25, 0.3) is 21.5 Å². The van der Waals surface area contributed by atoms with E-state index < -0.39 is 0 Å². The predicted octanol–water partition coefficient (Wildman–Crippen LogP) is 3.54. The highest BCUT2D eigenvalue weighted by Crippen LogP contribution is 2.36. The van der Waals surface area contributed by atoms with Crippen LogP contribution in [0.4, 0.5) is 15.0 Å². The summed E-state index contributed by atoms with van der Waals surface area (Å²) in [5.41, 5.74) is 0.752. The lowest BCUT2D eigenvalue weighted by Crippen LogP contribution is -2.53. The summed E-state index contributed by atoms with van der Waals surface area (Å²) in [5.74, 6) is 0.514. The van der Waals surface area contributed by atoms with E-state index in [9.17, 15) is 9.18 Å². The molecule has 5 rings (SSSR count). The number of anilines is 1. The number of rotatable bonds is 5. The van der Waals surface area contributed by atoms with Crippen LogP contribution in [-0.4, -0.2) is 62.4 Å². The van der Waals surface area contributed by atoms with E-state index in [0.29, 0.717) is 12.4 Å². The number of halogens is 1. The second-order valence-corrected chi connectivity index (χ2v) is 9.33. The zero-order chi connectivity index (χ0) is 21.4. The molecular weight excluding hydrogens is 417 g/mol. The van der Waals surface area contributed by atoms with E-state index in [0.717, 1.165) is 52.2 Å². The molecule has 0 saturated carbocycles. The van der Waals surface area contributed by atoms with Gasteiger partial charge in [0.05, 0.1) is 0 Å². The van der Waals surface area contributed by atoms with Gasteiger partial charge in [-0.15, -0.1) is 10.2 Å². The molecule has 0 aromatic carbocycles. The maximum atomic E-state index is 13.0. The van der Waals surface area contributed by atoms with E-state index in [1.54, 1.807) is 12.4 Å². The minimum absolute atomic E-state index is 0.114. The standard InChI is InChI=1S/C21H24FN7OS/c1-12-27-28-20(31-12)18-6-13-7-19(25-11-14(13)10-24-18)26-21(30)29-16-2-3-17(29)9-15(8-16)23-5-4-22/h6-7,10-11,15-17,23H,2-5,8-9H2,1H3,(H,25,26,30)/t15?,16-,17?/m0/s1. The average Bonchev–Trinajstić information content (AvgIpc) is 3.32. The van der Waals surface area contributed by atoms with Crippen molar-refractivity contribution in [3.05, 3.63) is 29.5 Å². The monoisotopic (exact) mass is 441 g/mol. The summed E-state index contributed by atoms with van der Waals surface area (Å²) >= 11 is 1.49. The van der Waals surface area contributed by atoms with Gasteiger partial charge >= 0.3 is 6.03 Å². The number of aromatic nitrogens is 4. The van der Waals surface area contributed by atoms with Crippen LogP contribution in [0.15, 0.2) is 24.5 Å². The summed E-state index contributed by atoms with van der Waals surface area (Å²) in [5, 5.41) is 17.9. The van der Waals surface area contributed by atoms with Crippen LogP contribution in [0.1, 0.15) is 30.7 Å². The van der Waals surface area contributed by atoms with Gasteiger partial charge < -0.3 is 10.2 Å². The number of carbonyl (C=O) groups excluding carboxylic acids is 1. The molecule has 2 saturated heterocycles. The van der Waals surface area contributed by atoms with Crippen LogP contribution < -0.4 is 10.6 Å². The Morgan fingerprint density at radius 2 is 1.94 bits per heavy atom. The zero-order valence-corrected chi connectivity index (χ0v) is 18.0. The Balaban J connectivity index is 1.31. The fourth-order valence-electron chi connectivity index (χ4n) is 4.73. The lowest BCUT2D eigenvalue weighted by Gasteiger charge is -2.39. The molecule has 2 aliphatic heterocycles. The molecule has 3 atom stereocenters. The number of piperidine rings is 1. The third-order valence-corrected chi connectivity index (χ3v) is 6.94. The topological polar surface area (TPSA) is 95.9 Å². The summed E-state index contributed by atoms with van der Waals surface area (Å²) in [6.07, 6.45) is 7.20.